The number of anilines is 2. The van der Waals surface area contributed by atoms with Crippen LogP contribution in [-0.4, -0.2) is 27.4 Å². The molecule has 1 saturated carbocycles. The van der Waals surface area contributed by atoms with E-state index in [0.29, 0.717) is 28.8 Å². The third-order valence-electron chi connectivity index (χ3n) is 5.19. The molecule has 1 aliphatic carbocycles. The molecule has 1 amide bonds. The molecule has 0 radical (unpaired) electrons. The fraction of sp³-hybridized carbons (Fsp3) is 0.350. The van der Waals surface area contributed by atoms with Crippen molar-refractivity contribution in [3.05, 3.63) is 52.3 Å². The highest BCUT2D eigenvalue weighted by atomic mass is 79.9. The number of nitrogens with zero attached hydrogens (tertiary/aromatic N) is 2. The van der Waals surface area contributed by atoms with Crippen LogP contribution in [0.1, 0.15) is 25.3 Å². The van der Waals surface area contributed by atoms with Crippen LogP contribution >= 0.6 is 15.9 Å². The minimum atomic E-state index is -3.90. The molecule has 1 fully saturated rings. The normalized spacial score (nSPS) is 16.2. The van der Waals surface area contributed by atoms with Gasteiger partial charge in [-0.1, -0.05) is 0 Å². The fourth-order valence-corrected chi connectivity index (χ4v) is 6.13. The van der Waals surface area contributed by atoms with Gasteiger partial charge in [-0.05, 0) is 84.1 Å². The molecule has 8 heteroatoms. The number of rotatable bonds is 5. The van der Waals surface area contributed by atoms with Crippen molar-refractivity contribution in [1.82, 2.24) is 0 Å². The van der Waals surface area contributed by atoms with Crippen LogP contribution in [0.3, 0.4) is 0 Å². The Morgan fingerprint density at radius 2 is 1.93 bits per heavy atom. The molecule has 1 heterocycles. The van der Waals surface area contributed by atoms with Gasteiger partial charge in [0.1, 0.15) is 10.7 Å². The molecule has 0 aromatic heterocycles. The summed E-state index contributed by atoms with van der Waals surface area (Å²) < 4.78 is 41.7. The summed E-state index contributed by atoms with van der Waals surface area (Å²) in [5.74, 6) is -0.276. The highest BCUT2D eigenvalue weighted by Crippen LogP contribution is 2.40. The number of sulfonamides is 1. The van der Waals surface area contributed by atoms with Crippen LogP contribution in [0.2, 0.25) is 0 Å². The van der Waals surface area contributed by atoms with Gasteiger partial charge in [0, 0.05) is 29.2 Å². The van der Waals surface area contributed by atoms with Crippen LogP contribution < -0.4 is 9.21 Å². The van der Waals surface area contributed by atoms with Gasteiger partial charge in [0.15, 0.2) is 0 Å². The summed E-state index contributed by atoms with van der Waals surface area (Å²) in [7, 11) is -3.90. The smallest absolute Gasteiger partial charge is 0.265 e. The van der Waals surface area contributed by atoms with E-state index in [0.717, 1.165) is 18.4 Å². The zero-order valence-corrected chi connectivity index (χ0v) is 17.8. The van der Waals surface area contributed by atoms with Crippen LogP contribution in [0, 0.1) is 11.7 Å². The Labute approximate surface area is 172 Å². The summed E-state index contributed by atoms with van der Waals surface area (Å²) in [6, 6.07) is 8.75. The van der Waals surface area contributed by atoms with Gasteiger partial charge in [0.05, 0.1) is 5.69 Å². The molecule has 2 aliphatic rings. The molecule has 4 rings (SSSR count). The quantitative estimate of drug-likeness (QED) is 0.666. The molecule has 148 valence electrons. The predicted molar refractivity (Wildman–Crippen MR) is 110 cm³/mol. The van der Waals surface area contributed by atoms with Crippen LogP contribution in [-0.2, 0) is 21.2 Å². The van der Waals surface area contributed by atoms with Crippen molar-refractivity contribution < 1.29 is 17.6 Å². The molecule has 1 aliphatic heterocycles. The van der Waals surface area contributed by atoms with Gasteiger partial charge < -0.3 is 4.90 Å². The van der Waals surface area contributed by atoms with Gasteiger partial charge in [-0.25, -0.2) is 12.8 Å². The lowest BCUT2D eigenvalue weighted by molar-refractivity contribution is -0.119. The van der Waals surface area contributed by atoms with Gasteiger partial charge >= 0.3 is 0 Å². The predicted octanol–water partition coefficient (Wildman–Crippen LogP) is 4.10. The molecule has 0 saturated heterocycles. The largest absolute Gasteiger partial charge is 0.312 e. The molecule has 5 nitrogen and oxygen atoms in total. The van der Waals surface area contributed by atoms with Crippen LogP contribution in [0.25, 0.3) is 0 Å². The number of hydrogen-bond donors (Lipinski definition) is 0. The van der Waals surface area contributed by atoms with E-state index in [1.165, 1.54) is 28.6 Å². The minimum Gasteiger partial charge on any atom is -0.312 e. The van der Waals surface area contributed by atoms with Crippen LogP contribution in [0.4, 0.5) is 15.8 Å². The second-order valence-electron chi connectivity index (χ2n) is 7.07. The van der Waals surface area contributed by atoms with Gasteiger partial charge in [-0.3, -0.25) is 9.10 Å². The second kappa shape index (κ2) is 7.15. The maximum atomic E-state index is 13.4. The first-order chi connectivity index (χ1) is 13.3. The molecule has 2 aromatic rings. The Balaban J connectivity index is 1.76. The maximum Gasteiger partial charge on any atom is 0.265 e. The summed E-state index contributed by atoms with van der Waals surface area (Å²) >= 11 is 3.40. The van der Waals surface area contributed by atoms with Gasteiger partial charge in [0.25, 0.3) is 10.0 Å². The molecule has 0 spiro atoms. The average molecular weight is 467 g/mol. The molecular weight excluding hydrogens is 447 g/mol. The Bertz CT molecular complexity index is 1040. The SMILES string of the molecule is CCN(c1ccc(F)cc1)S(=O)(=O)c1cc2c(cc1Br)CCN2C(=O)C1CC1. The lowest BCUT2D eigenvalue weighted by atomic mass is 10.2. The molecule has 2 aromatic carbocycles. The van der Waals surface area contributed by atoms with Crippen LogP contribution in [0.5, 0.6) is 0 Å². The van der Waals surface area contributed by atoms with Crippen molar-refractivity contribution in [2.75, 3.05) is 22.3 Å². The van der Waals surface area contributed by atoms with Gasteiger partial charge in [-0.15, -0.1) is 0 Å². The summed E-state index contributed by atoms with van der Waals surface area (Å²) in [6.07, 6.45) is 2.52. The number of fused-ring (bicyclic) bond motifs is 1. The molecule has 28 heavy (non-hydrogen) atoms. The van der Waals surface area contributed by atoms with Crippen molar-refractivity contribution in [3.8, 4) is 0 Å². The van der Waals surface area contributed by atoms with Gasteiger partial charge in [-0.2, -0.15) is 0 Å². The van der Waals surface area contributed by atoms with Crippen molar-refractivity contribution in [2.24, 2.45) is 5.92 Å². The monoisotopic (exact) mass is 466 g/mol. The minimum absolute atomic E-state index is 0.0704. The fourth-order valence-electron chi connectivity index (χ4n) is 3.58. The summed E-state index contributed by atoms with van der Waals surface area (Å²) in [5, 5.41) is 0. The Hall–Kier alpha value is -1.93. The van der Waals surface area contributed by atoms with Crippen molar-refractivity contribution >= 4 is 43.2 Å². The number of benzene rings is 2. The molecule has 0 N–H and O–H groups in total. The van der Waals surface area contributed by atoms with E-state index in [2.05, 4.69) is 15.9 Å². The van der Waals surface area contributed by atoms with Crippen molar-refractivity contribution in [1.29, 1.82) is 0 Å². The van der Waals surface area contributed by atoms with E-state index in [1.54, 1.807) is 24.0 Å². The number of amides is 1. The van der Waals surface area contributed by atoms with E-state index >= 15 is 0 Å². The maximum absolute atomic E-state index is 13.4. The van der Waals surface area contributed by atoms with E-state index in [1.807, 2.05) is 0 Å². The molecule has 0 atom stereocenters. The van der Waals surface area contributed by atoms with Crippen molar-refractivity contribution in [3.63, 3.8) is 0 Å². The summed E-state index contributed by atoms with van der Waals surface area (Å²) in [6.45, 7) is 2.50. The van der Waals surface area contributed by atoms with Crippen molar-refractivity contribution in [2.45, 2.75) is 31.1 Å². The number of carbonyl (C=O) groups is 1. The first-order valence-electron chi connectivity index (χ1n) is 9.25. The highest BCUT2D eigenvalue weighted by molar-refractivity contribution is 9.10. The zero-order valence-electron chi connectivity index (χ0n) is 15.4. The summed E-state index contributed by atoms with van der Waals surface area (Å²) in [4.78, 5) is 14.4. The van der Waals surface area contributed by atoms with Crippen LogP contribution in [0.15, 0.2) is 45.8 Å². The lowest BCUT2D eigenvalue weighted by Gasteiger charge is -2.25. The van der Waals surface area contributed by atoms with E-state index in [9.17, 15) is 17.6 Å². The Morgan fingerprint density at radius 3 is 2.54 bits per heavy atom. The zero-order chi connectivity index (χ0) is 20.1. The topological polar surface area (TPSA) is 57.7 Å². The number of halogens is 2. The standard InChI is InChI=1S/C20H20BrFN2O3S/c1-2-24(16-7-5-15(22)6-8-16)28(26,27)19-12-18-14(11-17(19)21)9-10-23(18)20(25)13-3-4-13/h5-8,11-13H,2-4,9-10H2,1H3. The number of carbonyl (C=O) groups excluding carboxylic acids is 1. The number of hydrogen-bond acceptors (Lipinski definition) is 3. The first-order valence-corrected chi connectivity index (χ1v) is 11.5. The lowest BCUT2D eigenvalue weighted by Crippen LogP contribution is -2.32. The molecule has 0 bridgehead atoms. The molecule has 0 unspecified atom stereocenters. The third-order valence-corrected chi connectivity index (χ3v) is 8.05. The first kappa shape index (κ1) is 19.4. The summed E-state index contributed by atoms with van der Waals surface area (Å²) in [5.41, 5.74) is 2.03. The van der Waals surface area contributed by atoms with E-state index < -0.39 is 15.8 Å². The molecular formula is C20H20BrFN2O3S. The van der Waals surface area contributed by atoms with Gasteiger partial charge in [0.2, 0.25) is 5.91 Å². The third kappa shape index (κ3) is 3.33. The van der Waals surface area contributed by atoms with E-state index in [4.69, 9.17) is 0 Å². The second-order valence-corrected chi connectivity index (χ2v) is 9.76. The van der Waals surface area contributed by atoms with E-state index in [-0.39, 0.29) is 23.3 Å². The Morgan fingerprint density at radius 1 is 1.25 bits per heavy atom. The average Bonchev–Trinajstić information content (AvgIpc) is 3.43. The highest BCUT2D eigenvalue weighted by Gasteiger charge is 2.38. The Kier molecular flexibility index (Phi) is 4.95.